The quantitative estimate of drug-likeness (QED) is 0.815. The van der Waals surface area contributed by atoms with Crippen molar-refractivity contribution in [2.45, 2.75) is 70.6 Å². The monoisotopic (exact) mass is 246 g/mol. The Kier molecular flexibility index (Phi) is 3.49. The van der Waals surface area contributed by atoms with E-state index in [1.807, 2.05) is 13.8 Å². The van der Waals surface area contributed by atoms with Crippen LogP contribution in [0.3, 0.4) is 0 Å². The summed E-state index contributed by atoms with van der Waals surface area (Å²) in [5.41, 5.74) is 0. The molecule has 0 amide bonds. The molecule has 0 radical (unpaired) electrons. The van der Waals surface area contributed by atoms with Crippen LogP contribution >= 0.6 is 0 Å². The average Bonchev–Trinajstić information content (AvgIpc) is 2.63. The van der Waals surface area contributed by atoms with Gasteiger partial charge >= 0.3 is 0 Å². The Balaban J connectivity index is 1.76. The number of hydrogen-bond donors (Lipinski definition) is 1. The molecular weight excluding hydrogens is 224 g/mol. The van der Waals surface area contributed by atoms with Crippen LogP contribution in [-0.2, 0) is 18.9 Å². The number of hydrogen-bond acceptors (Lipinski definition) is 5. The molecule has 0 aromatic heterocycles. The zero-order chi connectivity index (χ0) is 12.7. The predicted octanol–water partition coefficient (Wildman–Crippen LogP) is 1.39. The molecule has 2 aliphatic heterocycles. The van der Waals surface area contributed by atoms with Gasteiger partial charge in [-0.1, -0.05) is 0 Å². The van der Waals surface area contributed by atoms with Gasteiger partial charge in [0.05, 0.1) is 12.7 Å². The fourth-order valence-electron chi connectivity index (χ4n) is 2.27. The van der Waals surface area contributed by atoms with Gasteiger partial charge in [0.25, 0.3) is 0 Å². The average molecular weight is 246 g/mol. The predicted molar refractivity (Wildman–Crippen MR) is 60.2 cm³/mol. The molecule has 2 saturated heterocycles. The van der Waals surface area contributed by atoms with E-state index in [9.17, 15) is 5.11 Å². The molecule has 3 unspecified atom stereocenters. The standard InChI is InChI=1S/C12H22O5/c1-11(2)14-7-8(15-11)5-6-9-10(13)17-12(3,4)16-9/h8-10,13H,5-7H2,1-4H3. The van der Waals surface area contributed by atoms with Gasteiger partial charge in [0.2, 0.25) is 0 Å². The van der Waals surface area contributed by atoms with Crippen molar-refractivity contribution in [2.24, 2.45) is 0 Å². The fraction of sp³-hybridized carbons (Fsp3) is 1.00. The van der Waals surface area contributed by atoms with Crippen molar-refractivity contribution in [3.05, 3.63) is 0 Å². The molecular formula is C12H22O5. The van der Waals surface area contributed by atoms with Crippen molar-refractivity contribution in [1.29, 1.82) is 0 Å². The molecule has 2 heterocycles. The highest BCUT2D eigenvalue weighted by Crippen LogP contribution is 2.31. The maximum Gasteiger partial charge on any atom is 0.184 e. The second-order valence-electron chi connectivity index (χ2n) is 5.59. The highest BCUT2D eigenvalue weighted by molar-refractivity contribution is 4.78. The Morgan fingerprint density at radius 3 is 2.18 bits per heavy atom. The Morgan fingerprint density at radius 1 is 1.00 bits per heavy atom. The van der Waals surface area contributed by atoms with Crippen LogP contribution in [-0.4, -0.2) is 41.8 Å². The van der Waals surface area contributed by atoms with Crippen molar-refractivity contribution in [3.8, 4) is 0 Å². The minimum absolute atomic E-state index is 0.0736. The van der Waals surface area contributed by atoms with Crippen LogP contribution in [0.1, 0.15) is 40.5 Å². The number of ether oxygens (including phenoxy) is 4. The first-order valence-corrected chi connectivity index (χ1v) is 6.13. The molecule has 0 aromatic rings. The van der Waals surface area contributed by atoms with Gasteiger partial charge in [0.1, 0.15) is 6.10 Å². The first kappa shape index (κ1) is 13.2. The smallest absolute Gasteiger partial charge is 0.184 e. The van der Waals surface area contributed by atoms with Gasteiger partial charge in [0, 0.05) is 0 Å². The van der Waals surface area contributed by atoms with Crippen LogP contribution in [0.15, 0.2) is 0 Å². The number of rotatable bonds is 3. The van der Waals surface area contributed by atoms with Crippen LogP contribution < -0.4 is 0 Å². The third-order valence-electron chi connectivity index (χ3n) is 3.00. The van der Waals surface area contributed by atoms with E-state index in [0.29, 0.717) is 13.0 Å². The van der Waals surface area contributed by atoms with E-state index in [1.54, 1.807) is 13.8 Å². The molecule has 5 heteroatoms. The molecule has 0 bridgehead atoms. The van der Waals surface area contributed by atoms with Gasteiger partial charge in [-0.15, -0.1) is 0 Å². The number of aliphatic hydroxyl groups is 1. The lowest BCUT2D eigenvalue weighted by Crippen LogP contribution is -2.25. The molecule has 17 heavy (non-hydrogen) atoms. The van der Waals surface area contributed by atoms with Gasteiger partial charge < -0.3 is 24.1 Å². The van der Waals surface area contributed by atoms with Crippen LogP contribution in [0.5, 0.6) is 0 Å². The highest BCUT2D eigenvalue weighted by atomic mass is 16.8. The first-order valence-electron chi connectivity index (χ1n) is 6.13. The molecule has 0 aliphatic carbocycles. The maximum atomic E-state index is 9.68. The van der Waals surface area contributed by atoms with Crippen molar-refractivity contribution in [3.63, 3.8) is 0 Å². The third kappa shape index (κ3) is 3.39. The van der Waals surface area contributed by atoms with Gasteiger partial charge in [-0.25, -0.2) is 0 Å². The second-order valence-corrected chi connectivity index (χ2v) is 5.59. The first-order chi connectivity index (χ1) is 7.77. The van der Waals surface area contributed by atoms with Crippen molar-refractivity contribution >= 4 is 0 Å². The normalized spacial score (nSPS) is 39.7. The summed E-state index contributed by atoms with van der Waals surface area (Å²) >= 11 is 0. The fourth-order valence-corrected chi connectivity index (χ4v) is 2.27. The van der Waals surface area contributed by atoms with Crippen LogP contribution in [0.4, 0.5) is 0 Å². The van der Waals surface area contributed by atoms with E-state index in [-0.39, 0.29) is 12.2 Å². The van der Waals surface area contributed by atoms with Crippen molar-refractivity contribution in [2.75, 3.05) is 6.61 Å². The maximum absolute atomic E-state index is 9.68. The molecule has 2 rings (SSSR count). The minimum Gasteiger partial charge on any atom is -0.366 e. The Labute approximate surface area is 102 Å². The molecule has 3 atom stereocenters. The van der Waals surface area contributed by atoms with E-state index in [2.05, 4.69) is 0 Å². The summed E-state index contributed by atoms with van der Waals surface area (Å²) in [6, 6.07) is 0. The lowest BCUT2D eigenvalue weighted by molar-refractivity contribution is -0.174. The van der Waals surface area contributed by atoms with E-state index >= 15 is 0 Å². The zero-order valence-corrected chi connectivity index (χ0v) is 10.9. The summed E-state index contributed by atoms with van der Waals surface area (Å²) in [6.07, 6.45) is 0.446. The number of aliphatic hydroxyl groups excluding tert-OH is 1. The van der Waals surface area contributed by atoms with E-state index in [1.165, 1.54) is 0 Å². The highest BCUT2D eigenvalue weighted by Gasteiger charge is 2.41. The summed E-state index contributed by atoms with van der Waals surface area (Å²) in [5.74, 6) is -1.19. The van der Waals surface area contributed by atoms with E-state index in [4.69, 9.17) is 18.9 Å². The zero-order valence-electron chi connectivity index (χ0n) is 10.9. The second kappa shape index (κ2) is 4.48. The van der Waals surface area contributed by atoms with Crippen molar-refractivity contribution < 1.29 is 24.1 Å². The van der Waals surface area contributed by atoms with Gasteiger partial charge in [0.15, 0.2) is 17.9 Å². The SMILES string of the molecule is CC1(C)OCC(CCC2OC(C)(C)OC2O)O1. The van der Waals surface area contributed by atoms with E-state index < -0.39 is 17.9 Å². The molecule has 0 spiro atoms. The van der Waals surface area contributed by atoms with Crippen LogP contribution in [0.2, 0.25) is 0 Å². The summed E-state index contributed by atoms with van der Waals surface area (Å²) in [5, 5.41) is 9.68. The summed E-state index contributed by atoms with van der Waals surface area (Å²) < 4.78 is 22.1. The Hall–Kier alpha value is -0.200. The molecule has 0 aromatic carbocycles. The molecule has 5 nitrogen and oxygen atoms in total. The largest absolute Gasteiger partial charge is 0.366 e. The minimum atomic E-state index is -0.847. The lowest BCUT2D eigenvalue weighted by Gasteiger charge is -2.19. The Bertz CT molecular complexity index is 276. The van der Waals surface area contributed by atoms with Crippen molar-refractivity contribution in [1.82, 2.24) is 0 Å². The van der Waals surface area contributed by atoms with Gasteiger partial charge in [-0.05, 0) is 40.5 Å². The van der Waals surface area contributed by atoms with Gasteiger partial charge in [-0.2, -0.15) is 0 Å². The van der Waals surface area contributed by atoms with Gasteiger partial charge in [-0.3, -0.25) is 0 Å². The molecule has 2 fully saturated rings. The molecule has 0 saturated carbocycles. The molecule has 1 N–H and O–H groups in total. The topological polar surface area (TPSA) is 57.2 Å². The summed E-state index contributed by atoms with van der Waals surface area (Å²) in [6.45, 7) is 8.00. The summed E-state index contributed by atoms with van der Waals surface area (Å²) in [4.78, 5) is 0. The molecule has 100 valence electrons. The van der Waals surface area contributed by atoms with Crippen LogP contribution in [0.25, 0.3) is 0 Å². The molecule has 2 aliphatic rings. The summed E-state index contributed by atoms with van der Waals surface area (Å²) in [7, 11) is 0. The van der Waals surface area contributed by atoms with E-state index in [0.717, 1.165) is 6.42 Å². The third-order valence-corrected chi connectivity index (χ3v) is 3.00. The lowest BCUT2D eigenvalue weighted by atomic mass is 10.1. The van der Waals surface area contributed by atoms with Crippen LogP contribution in [0, 0.1) is 0 Å². The Morgan fingerprint density at radius 2 is 1.71 bits per heavy atom.